The van der Waals surface area contributed by atoms with Gasteiger partial charge in [-0.25, -0.2) is 0 Å². The van der Waals surface area contributed by atoms with Crippen molar-refractivity contribution in [1.29, 1.82) is 0 Å². The molecule has 408 valence electrons. The van der Waals surface area contributed by atoms with E-state index in [0.717, 1.165) is 83.5 Å². The molecule has 0 unspecified atom stereocenters. The first kappa shape index (κ1) is 67.4. The molecule has 0 amide bonds. The number of ether oxygens (including phenoxy) is 3. The molecule has 0 N–H and O–H groups in total. The average Bonchev–Trinajstić information content (AvgIpc) is 3.36. The predicted molar refractivity (Wildman–Crippen MR) is 302 cm³/mol. The first-order chi connectivity index (χ1) is 34.5. The molecule has 0 aromatic heterocycles. The first-order valence-electron chi connectivity index (χ1n) is 30.6. The van der Waals surface area contributed by atoms with Crippen molar-refractivity contribution in [1.82, 2.24) is 0 Å². The standard InChI is InChI=1S/C64H116O6/c1-4-7-10-13-16-19-22-25-27-29-31-32-34-35-37-39-42-45-48-51-54-57-63(66)69-60-61(59-68-62(65)56-53-50-47-44-41-24-21-18-15-12-9-6-3)70-64(67)58-55-52-49-46-43-40-38-36-33-30-28-26-23-20-17-14-11-8-5-2/h17,20,26,28,33,36,40,43,61H,4-16,18-19,21-25,27,29-32,34-35,37-39,41-42,44-60H2,1-3H3/b20-17-,28-26-,36-33-,43-40-/t61-/m0/s1. The molecule has 6 nitrogen and oxygen atoms in total. The van der Waals surface area contributed by atoms with E-state index in [1.165, 1.54) is 199 Å². The monoisotopic (exact) mass is 981 g/mol. The van der Waals surface area contributed by atoms with Crippen molar-refractivity contribution in [3.8, 4) is 0 Å². The Bertz CT molecular complexity index is 1220. The summed E-state index contributed by atoms with van der Waals surface area (Å²) in [5.41, 5.74) is 0. The number of allylic oxidation sites excluding steroid dienone is 8. The number of rotatable bonds is 56. The molecule has 0 heterocycles. The zero-order valence-electron chi connectivity index (χ0n) is 46.8. The van der Waals surface area contributed by atoms with Crippen molar-refractivity contribution in [3.63, 3.8) is 0 Å². The topological polar surface area (TPSA) is 78.9 Å². The first-order valence-corrected chi connectivity index (χ1v) is 30.6. The molecular formula is C64H116O6. The number of hydrogen-bond acceptors (Lipinski definition) is 6. The van der Waals surface area contributed by atoms with Crippen LogP contribution in [-0.4, -0.2) is 37.2 Å². The third kappa shape index (κ3) is 56.3. The van der Waals surface area contributed by atoms with Crippen LogP contribution in [0.1, 0.15) is 323 Å². The van der Waals surface area contributed by atoms with E-state index < -0.39 is 6.10 Å². The quantitative estimate of drug-likeness (QED) is 0.0261. The van der Waals surface area contributed by atoms with Crippen molar-refractivity contribution < 1.29 is 28.6 Å². The van der Waals surface area contributed by atoms with Gasteiger partial charge in [-0.05, 0) is 64.2 Å². The maximum atomic E-state index is 12.9. The van der Waals surface area contributed by atoms with Gasteiger partial charge in [-0.3, -0.25) is 14.4 Å². The molecule has 0 radical (unpaired) electrons. The van der Waals surface area contributed by atoms with E-state index >= 15 is 0 Å². The SMILES string of the molecule is CCCCC/C=C\C/C=C\C/C=C\C/C=C\CCCCCC(=O)O[C@@H](COC(=O)CCCCCCCCCCCCCC)COC(=O)CCCCCCCCCCCCCCCCCCCCCCC. The van der Waals surface area contributed by atoms with Crippen LogP contribution in [-0.2, 0) is 28.6 Å². The normalized spacial score (nSPS) is 12.3. The van der Waals surface area contributed by atoms with E-state index in [1.807, 2.05) is 0 Å². The van der Waals surface area contributed by atoms with Gasteiger partial charge in [-0.1, -0.05) is 288 Å². The average molecular weight is 982 g/mol. The summed E-state index contributed by atoms with van der Waals surface area (Å²) in [6, 6.07) is 0. The largest absolute Gasteiger partial charge is 0.462 e. The van der Waals surface area contributed by atoms with Gasteiger partial charge in [-0.2, -0.15) is 0 Å². The van der Waals surface area contributed by atoms with Crippen molar-refractivity contribution in [3.05, 3.63) is 48.6 Å². The van der Waals surface area contributed by atoms with Gasteiger partial charge in [0.15, 0.2) is 6.10 Å². The number of carbonyl (C=O) groups is 3. The van der Waals surface area contributed by atoms with Crippen LogP contribution >= 0.6 is 0 Å². The molecule has 0 bridgehead atoms. The molecule has 0 aliphatic carbocycles. The van der Waals surface area contributed by atoms with Gasteiger partial charge in [0.25, 0.3) is 0 Å². The maximum Gasteiger partial charge on any atom is 0.306 e. The fraction of sp³-hybridized carbons (Fsp3) is 0.828. The molecule has 70 heavy (non-hydrogen) atoms. The van der Waals surface area contributed by atoms with Gasteiger partial charge in [0.2, 0.25) is 0 Å². The fourth-order valence-corrected chi connectivity index (χ4v) is 8.96. The molecule has 0 aliphatic rings. The van der Waals surface area contributed by atoms with Gasteiger partial charge in [-0.15, -0.1) is 0 Å². The van der Waals surface area contributed by atoms with Crippen molar-refractivity contribution in [2.75, 3.05) is 13.2 Å². The Kier molecular flexibility index (Phi) is 56.7. The Morgan fingerprint density at radius 3 is 0.829 bits per heavy atom. The molecule has 0 rings (SSSR count). The highest BCUT2D eigenvalue weighted by molar-refractivity contribution is 5.71. The summed E-state index contributed by atoms with van der Waals surface area (Å²) in [5, 5.41) is 0. The van der Waals surface area contributed by atoms with Crippen LogP contribution in [0.2, 0.25) is 0 Å². The van der Waals surface area contributed by atoms with E-state index in [-0.39, 0.29) is 31.1 Å². The summed E-state index contributed by atoms with van der Waals surface area (Å²) in [6.45, 7) is 6.63. The molecule has 6 heteroatoms. The summed E-state index contributed by atoms with van der Waals surface area (Å²) >= 11 is 0. The lowest BCUT2D eigenvalue weighted by molar-refractivity contribution is -0.167. The minimum Gasteiger partial charge on any atom is -0.462 e. The lowest BCUT2D eigenvalue weighted by atomic mass is 10.0. The second-order valence-electron chi connectivity index (χ2n) is 20.6. The molecule has 1 atom stereocenters. The smallest absolute Gasteiger partial charge is 0.306 e. The molecule has 0 aromatic rings. The van der Waals surface area contributed by atoms with Crippen LogP contribution in [0.5, 0.6) is 0 Å². The van der Waals surface area contributed by atoms with Crippen LogP contribution < -0.4 is 0 Å². The Labute approximate surface area is 435 Å². The van der Waals surface area contributed by atoms with E-state index in [2.05, 4.69) is 69.4 Å². The molecule has 0 aromatic carbocycles. The molecule has 0 spiro atoms. The Morgan fingerprint density at radius 1 is 0.286 bits per heavy atom. The Morgan fingerprint density at radius 2 is 0.514 bits per heavy atom. The third-order valence-corrected chi connectivity index (χ3v) is 13.6. The number of hydrogen-bond donors (Lipinski definition) is 0. The van der Waals surface area contributed by atoms with Crippen LogP contribution in [0.3, 0.4) is 0 Å². The summed E-state index contributed by atoms with van der Waals surface area (Å²) in [7, 11) is 0. The second-order valence-corrected chi connectivity index (χ2v) is 20.6. The van der Waals surface area contributed by atoms with E-state index in [9.17, 15) is 14.4 Å². The lowest BCUT2D eigenvalue weighted by Crippen LogP contribution is -2.30. The second kappa shape index (κ2) is 58.9. The Balaban J connectivity index is 4.34. The summed E-state index contributed by atoms with van der Waals surface area (Å²) < 4.78 is 16.9. The van der Waals surface area contributed by atoms with Crippen LogP contribution in [0.15, 0.2) is 48.6 Å². The van der Waals surface area contributed by atoms with Crippen molar-refractivity contribution in [2.45, 2.75) is 329 Å². The molecular weight excluding hydrogens is 865 g/mol. The summed E-state index contributed by atoms with van der Waals surface area (Å²) in [5.74, 6) is -0.894. The molecule has 0 fully saturated rings. The zero-order valence-corrected chi connectivity index (χ0v) is 46.8. The van der Waals surface area contributed by atoms with Gasteiger partial charge in [0.1, 0.15) is 13.2 Å². The number of carbonyl (C=O) groups excluding carboxylic acids is 3. The van der Waals surface area contributed by atoms with Crippen molar-refractivity contribution in [2.24, 2.45) is 0 Å². The van der Waals surface area contributed by atoms with Crippen molar-refractivity contribution >= 4 is 17.9 Å². The highest BCUT2D eigenvalue weighted by Crippen LogP contribution is 2.17. The fourth-order valence-electron chi connectivity index (χ4n) is 8.96. The summed E-state index contributed by atoms with van der Waals surface area (Å²) in [4.78, 5) is 38.2. The molecule has 0 aliphatic heterocycles. The predicted octanol–water partition coefficient (Wildman–Crippen LogP) is 20.6. The molecule has 0 saturated heterocycles. The van der Waals surface area contributed by atoms with Gasteiger partial charge in [0.05, 0.1) is 0 Å². The van der Waals surface area contributed by atoms with Gasteiger partial charge < -0.3 is 14.2 Å². The zero-order chi connectivity index (χ0) is 50.7. The van der Waals surface area contributed by atoms with Crippen LogP contribution in [0.25, 0.3) is 0 Å². The number of esters is 3. The maximum absolute atomic E-state index is 12.9. The van der Waals surface area contributed by atoms with E-state index in [0.29, 0.717) is 19.3 Å². The van der Waals surface area contributed by atoms with E-state index in [1.54, 1.807) is 0 Å². The highest BCUT2D eigenvalue weighted by Gasteiger charge is 2.19. The van der Waals surface area contributed by atoms with Crippen LogP contribution in [0.4, 0.5) is 0 Å². The Hall–Kier alpha value is -2.63. The number of unbranched alkanes of at least 4 members (excludes halogenated alkanes) is 37. The van der Waals surface area contributed by atoms with E-state index in [4.69, 9.17) is 14.2 Å². The summed E-state index contributed by atoms with van der Waals surface area (Å²) in [6.07, 6.45) is 72.5. The minimum atomic E-state index is -0.786. The van der Waals surface area contributed by atoms with Gasteiger partial charge >= 0.3 is 17.9 Å². The van der Waals surface area contributed by atoms with Crippen LogP contribution in [0, 0.1) is 0 Å². The molecule has 0 saturated carbocycles. The highest BCUT2D eigenvalue weighted by atomic mass is 16.6. The van der Waals surface area contributed by atoms with Gasteiger partial charge in [0, 0.05) is 19.3 Å². The lowest BCUT2D eigenvalue weighted by Gasteiger charge is -2.18. The minimum absolute atomic E-state index is 0.0816. The third-order valence-electron chi connectivity index (χ3n) is 13.6.